The van der Waals surface area contributed by atoms with Gasteiger partial charge in [-0.3, -0.25) is 9.78 Å². The van der Waals surface area contributed by atoms with E-state index >= 15 is 0 Å². The standard InChI is InChI=1S/C23H30N4O3/c1-16-4-2-10-24-19(16)21(28)27-11-3-9-23(15-27,14-17-5-6-17)22-25-20(30-26-22)18-7-12-29-13-8-18/h2,4,10,17-18H,3,5-9,11-15H2,1H3. The van der Waals surface area contributed by atoms with Gasteiger partial charge in [-0.05, 0) is 56.6 Å². The van der Waals surface area contributed by atoms with Crippen LogP contribution in [0.15, 0.2) is 22.9 Å². The first-order valence-electron chi connectivity index (χ1n) is 11.3. The normalized spacial score (nSPS) is 25.4. The first-order chi connectivity index (χ1) is 14.6. The molecule has 1 amide bonds. The average Bonchev–Trinajstić information content (AvgIpc) is 3.44. The first kappa shape index (κ1) is 19.7. The third-order valence-corrected chi connectivity index (χ3v) is 6.94. The zero-order valence-electron chi connectivity index (χ0n) is 17.7. The number of ether oxygens (including phenoxy) is 1. The second-order valence-electron chi connectivity index (χ2n) is 9.27. The fraction of sp³-hybridized carbons (Fsp3) is 0.652. The second-order valence-corrected chi connectivity index (χ2v) is 9.27. The van der Waals surface area contributed by atoms with Crippen LogP contribution < -0.4 is 0 Å². The maximum Gasteiger partial charge on any atom is 0.272 e. The van der Waals surface area contributed by atoms with E-state index in [-0.39, 0.29) is 17.2 Å². The SMILES string of the molecule is Cc1cccnc1C(=O)N1CCCC(CC2CC2)(c2noc(C3CCOCC3)n2)C1. The van der Waals surface area contributed by atoms with E-state index in [4.69, 9.17) is 14.2 Å². The lowest BCUT2D eigenvalue weighted by Crippen LogP contribution is -2.49. The zero-order valence-corrected chi connectivity index (χ0v) is 17.7. The molecule has 1 aliphatic carbocycles. The van der Waals surface area contributed by atoms with E-state index in [2.05, 4.69) is 10.1 Å². The van der Waals surface area contributed by atoms with Crippen molar-refractivity contribution in [2.75, 3.05) is 26.3 Å². The Balaban J connectivity index is 1.41. The fourth-order valence-electron chi connectivity index (χ4n) is 5.04. The number of carbonyl (C=O) groups is 1. The molecular weight excluding hydrogens is 380 g/mol. The molecule has 2 saturated heterocycles. The van der Waals surface area contributed by atoms with Crippen molar-refractivity contribution in [3.63, 3.8) is 0 Å². The molecular formula is C23H30N4O3. The Bertz CT molecular complexity index is 903. The van der Waals surface area contributed by atoms with Crippen LogP contribution in [0.1, 0.15) is 78.6 Å². The maximum atomic E-state index is 13.3. The van der Waals surface area contributed by atoms with Gasteiger partial charge in [0.1, 0.15) is 5.69 Å². The predicted molar refractivity (Wildman–Crippen MR) is 110 cm³/mol. The van der Waals surface area contributed by atoms with Crippen molar-refractivity contribution in [2.45, 2.75) is 63.2 Å². The summed E-state index contributed by atoms with van der Waals surface area (Å²) < 4.78 is 11.2. The van der Waals surface area contributed by atoms with Gasteiger partial charge in [0.2, 0.25) is 5.89 Å². The summed E-state index contributed by atoms with van der Waals surface area (Å²) in [5.74, 6) is 2.55. The highest BCUT2D eigenvalue weighted by molar-refractivity contribution is 5.93. The van der Waals surface area contributed by atoms with E-state index in [0.29, 0.717) is 18.2 Å². The summed E-state index contributed by atoms with van der Waals surface area (Å²) in [4.78, 5) is 24.5. The van der Waals surface area contributed by atoms with E-state index in [1.54, 1.807) is 6.20 Å². The lowest BCUT2D eigenvalue weighted by Gasteiger charge is -2.41. The monoisotopic (exact) mass is 410 g/mol. The number of hydrogen-bond acceptors (Lipinski definition) is 6. The molecule has 2 aromatic heterocycles. The molecule has 1 unspecified atom stereocenters. The Labute approximate surface area is 177 Å². The number of amides is 1. The predicted octanol–water partition coefficient (Wildman–Crippen LogP) is 3.64. The highest BCUT2D eigenvalue weighted by Gasteiger charge is 2.46. The Morgan fingerprint density at radius 2 is 2.10 bits per heavy atom. The molecule has 3 aliphatic rings. The summed E-state index contributed by atoms with van der Waals surface area (Å²) in [6.45, 7) is 4.85. The van der Waals surface area contributed by atoms with Gasteiger partial charge in [-0.1, -0.05) is 24.1 Å². The highest BCUT2D eigenvalue weighted by Crippen LogP contribution is 2.46. The number of aryl methyl sites for hydroxylation is 1. The van der Waals surface area contributed by atoms with Crippen molar-refractivity contribution in [3.8, 4) is 0 Å². The molecule has 0 bridgehead atoms. The van der Waals surface area contributed by atoms with Gasteiger partial charge < -0.3 is 14.2 Å². The number of likely N-dealkylation sites (tertiary alicyclic amines) is 1. The summed E-state index contributed by atoms with van der Waals surface area (Å²) in [6.07, 6.45) is 9.07. The quantitative estimate of drug-likeness (QED) is 0.749. The van der Waals surface area contributed by atoms with E-state index in [0.717, 1.165) is 69.1 Å². The van der Waals surface area contributed by atoms with Crippen LogP contribution in [0, 0.1) is 12.8 Å². The van der Waals surface area contributed by atoms with Crippen molar-refractivity contribution >= 4 is 5.91 Å². The molecule has 0 radical (unpaired) electrons. The van der Waals surface area contributed by atoms with E-state index in [1.807, 2.05) is 24.0 Å². The third-order valence-electron chi connectivity index (χ3n) is 6.94. The van der Waals surface area contributed by atoms with E-state index in [9.17, 15) is 4.79 Å². The lowest BCUT2D eigenvalue weighted by molar-refractivity contribution is 0.0600. The number of rotatable bonds is 5. The van der Waals surface area contributed by atoms with Gasteiger partial charge in [0, 0.05) is 38.4 Å². The van der Waals surface area contributed by atoms with Gasteiger partial charge in [-0.15, -0.1) is 0 Å². The Kier molecular flexibility index (Phi) is 5.31. The Morgan fingerprint density at radius 1 is 1.27 bits per heavy atom. The van der Waals surface area contributed by atoms with Gasteiger partial charge >= 0.3 is 0 Å². The molecule has 5 rings (SSSR count). The zero-order chi connectivity index (χ0) is 20.6. The summed E-state index contributed by atoms with van der Waals surface area (Å²) in [5, 5.41) is 4.47. The largest absolute Gasteiger partial charge is 0.381 e. The molecule has 1 saturated carbocycles. The lowest BCUT2D eigenvalue weighted by atomic mass is 9.74. The van der Waals surface area contributed by atoms with E-state index < -0.39 is 0 Å². The summed E-state index contributed by atoms with van der Waals surface area (Å²) in [5.41, 5.74) is 1.25. The van der Waals surface area contributed by atoms with Crippen LogP contribution in [0.25, 0.3) is 0 Å². The highest BCUT2D eigenvalue weighted by atomic mass is 16.5. The molecule has 4 heterocycles. The molecule has 30 heavy (non-hydrogen) atoms. The van der Waals surface area contributed by atoms with Gasteiger partial charge in [-0.25, -0.2) is 0 Å². The number of piperidine rings is 1. The number of hydrogen-bond donors (Lipinski definition) is 0. The maximum absolute atomic E-state index is 13.3. The molecule has 7 nitrogen and oxygen atoms in total. The van der Waals surface area contributed by atoms with Crippen LogP contribution in [0.5, 0.6) is 0 Å². The molecule has 1 atom stereocenters. The van der Waals surface area contributed by atoms with Crippen LogP contribution in [0.3, 0.4) is 0 Å². The van der Waals surface area contributed by atoms with Gasteiger partial charge in [-0.2, -0.15) is 4.98 Å². The fourth-order valence-corrected chi connectivity index (χ4v) is 5.04. The number of nitrogens with zero attached hydrogens (tertiary/aromatic N) is 4. The molecule has 2 aliphatic heterocycles. The summed E-state index contributed by atoms with van der Waals surface area (Å²) >= 11 is 0. The topological polar surface area (TPSA) is 81.4 Å². The molecule has 0 spiro atoms. The number of pyridine rings is 1. The average molecular weight is 411 g/mol. The molecule has 0 N–H and O–H groups in total. The first-order valence-corrected chi connectivity index (χ1v) is 11.3. The van der Waals surface area contributed by atoms with Crippen molar-refractivity contribution in [1.82, 2.24) is 20.0 Å². The molecule has 3 fully saturated rings. The van der Waals surface area contributed by atoms with Crippen molar-refractivity contribution in [1.29, 1.82) is 0 Å². The Hall–Kier alpha value is -2.28. The molecule has 2 aromatic rings. The van der Waals surface area contributed by atoms with Crippen LogP contribution >= 0.6 is 0 Å². The van der Waals surface area contributed by atoms with Gasteiger partial charge in [0.15, 0.2) is 5.82 Å². The van der Waals surface area contributed by atoms with Crippen molar-refractivity contribution in [2.24, 2.45) is 5.92 Å². The molecule has 0 aromatic carbocycles. The van der Waals surface area contributed by atoms with Crippen LogP contribution in [-0.4, -0.2) is 52.2 Å². The minimum absolute atomic E-state index is 0.0149. The van der Waals surface area contributed by atoms with Crippen LogP contribution in [-0.2, 0) is 10.2 Å². The van der Waals surface area contributed by atoms with E-state index in [1.165, 1.54) is 12.8 Å². The van der Waals surface area contributed by atoms with Crippen LogP contribution in [0.2, 0.25) is 0 Å². The minimum atomic E-state index is -0.218. The van der Waals surface area contributed by atoms with Crippen molar-refractivity contribution < 1.29 is 14.1 Å². The van der Waals surface area contributed by atoms with Crippen LogP contribution in [0.4, 0.5) is 0 Å². The van der Waals surface area contributed by atoms with Gasteiger partial charge in [0.25, 0.3) is 5.91 Å². The smallest absolute Gasteiger partial charge is 0.272 e. The third kappa shape index (κ3) is 3.87. The minimum Gasteiger partial charge on any atom is -0.381 e. The summed E-state index contributed by atoms with van der Waals surface area (Å²) in [7, 11) is 0. The summed E-state index contributed by atoms with van der Waals surface area (Å²) in [6, 6.07) is 3.82. The van der Waals surface area contributed by atoms with Crippen molar-refractivity contribution in [3.05, 3.63) is 41.3 Å². The second kappa shape index (κ2) is 8.10. The Morgan fingerprint density at radius 3 is 2.87 bits per heavy atom. The molecule has 160 valence electrons. The number of carbonyl (C=O) groups excluding carboxylic acids is 1. The number of aromatic nitrogens is 3. The molecule has 7 heteroatoms. The van der Waals surface area contributed by atoms with Gasteiger partial charge in [0.05, 0.1) is 5.41 Å².